The van der Waals surface area contributed by atoms with Crippen molar-refractivity contribution in [2.75, 3.05) is 0 Å². The SMILES string of the molecule is C[SiH2][Hf]([CH]1C=Cc2ccccc21)[CH]1C=Cc2ccccc21.Cl.Cl. The summed E-state index contributed by atoms with van der Waals surface area (Å²) in [6, 6.07) is 18.1. The number of rotatable bonds is 3. The van der Waals surface area contributed by atoms with Gasteiger partial charge in [0.25, 0.3) is 0 Å². The summed E-state index contributed by atoms with van der Waals surface area (Å²) in [5.74, 6) is 0. The smallest absolute Gasteiger partial charge is 0.147 e. The van der Waals surface area contributed by atoms with Crippen LogP contribution in [0, 0.1) is 0 Å². The molecular formula is C19H21Cl2HfSi. The van der Waals surface area contributed by atoms with Gasteiger partial charge in [-0.25, -0.2) is 0 Å². The summed E-state index contributed by atoms with van der Waals surface area (Å²) in [6.07, 6.45) is 9.83. The minimum absolute atomic E-state index is 0. The topological polar surface area (TPSA) is 0 Å². The second kappa shape index (κ2) is 8.11. The Morgan fingerprint density at radius 3 is 1.61 bits per heavy atom. The van der Waals surface area contributed by atoms with Gasteiger partial charge in [0.2, 0.25) is 0 Å². The van der Waals surface area contributed by atoms with Gasteiger partial charge in [0.1, 0.15) is 0 Å². The van der Waals surface area contributed by atoms with Crippen LogP contribution in [0.3, 0.4) is 0 Å². The van der Waals surface area contributed by atoms with Crippen molar-refractivity contribution in [2.24, 2.45) is 0 Å². The third kappa shape index (κ3) is 3.37. The van der Waals surface area contributed by atoms with Crippen LogP contribution in [0.5, 0.6) is 0 Å². The quantitative estimate of drug-likeness (QED) is 0.487. The summed E-state index contributed by atoms with van der Waals surface area (Å²) in [4.78, 5) is 0. The zero-order valence-corrected chi connectivity index (χ0v) is 19.7. The van der Waals surface area contributed by atoms with Crippen LogP contribution in [0.25, 0.3) is 12.2 Å². The van der Waals surface area contributed by atoms with Gasteiger partial charge >= 0.3 is 136 Å². The maximum absolute atomic E-state index is 2.56. The molecule has 0 saturated carbocycles. The summed E-state index contributed by atoms with van der Waals surface area (Å²) in [5.41, 5.74) is 6.21. The van der Waals surface area contributed by atoms with E-state index in [1.165, 1.54) is 11.1 Å². The van der Waals surface area contributed by atoms with E-state index in [9.17, 15) is 0 Å². The third-order valence-electron chi connectivity index (χ3n) is 4.81. The van der Waals surface area contributed by atoms with Gasteiger partial charge in [-0.15, -0.1) is 24.8 Å². The van der Waals surface area contributed by atoms with E-state index in [4.69, 9.17) is 0 Å². The largest absolute Gasteiger partial charge is 0.147 e. The predicted octanol–water partition coefficient (Wildman–Crippen LogP) is 5.12. The van der Waals surface area contributed by atoms with E-state index in [0.29, 0.717) is 0 Å². The average Bonchev–Trinajstić information content (AvgIpc) is 3.14. The van der Waals surface area contributed by atoms with Crippen LogP contribution >= 0.6 is 24.8 Å². The number of benzene rings is 2. The first-order valence-electron chi connectivity index (χ1n) is 7.78. The molecular weight excluding hydrogens is 506 g/mol. The van der Waals surface area contributed by atoms with Crippen molar-refractivity contribution in [3.63, 3.8) is 0 Å². The van der Waals surface area contributed by atoms with Gasteiger partial charge in [-0.3, -0.25) is 0 Å². The number of halogens is 2. The molecule has 0 spiro atoms. The molecule has 2 atom stereocenters. The molecule has 119 valence electrons. The van der Waals surface area contributed by atoms with Crippen LogP contribution < -0.4 is 0 Å². The standard InChI is InChI=1S/2C9H7.CH5Si.2ClH.Hf/c2*1-2-5-9-7-3-6-8(9)4-1;1-2;;;/h2*1-7H;2H2,1H3;2*1H;. The average molecular weight is 527 g/mol. The van der Waals surface area contributed by atoms with E-state index in [2.05, 4.69) is 79.4 Å². The van der Waals surface area contributed by atoms with Gasteiger partial charge in [0.05, 0.1) is 0 Å². The number of hydrogen-bond donors (Lipinski definition) is 0. The number of fused-ring (bicyclic) bond motifs is 2. The van der Waals surface area contributed by atoms with Crippen LogP contribution in [0.15, 0.2) is 60.7 Å². The van der Waals surface area contributed by atoms with Crippen molar-refractivity contribution < 1.29 is 20.6 Å². The molecule has 4 rings (SSSR count). The molecule has 0 amide bonds. The molecule has 2 aliphatic rings. The maximum Gasteiger partial charge on any atom is -0.147 e. The molecule has 2 unspecified atom stereocenters. The fourth-order valence-electron chi connectivity index (χ4n) is 3.78. The molecule has 0 aromatic heterocycles. The fraction of sp³-hybridized carbons (Fsp3) is 0.158. The van der Waals surface area contributed by atoms with Crippen LogP contribution in [-0.2, 0) is 20.6 Å². The third-order valence-corrected chi connectivity index (χ3v) is 31.0. The Morgan fingerprint density at radius 1 is 0.739 bits per heavy atom. The van der Waals surface area contributed by atoms with E-state index >= 15 is 0 Å². The van der Waals surface area contributed by atoms with Crippen LogP contribution in [0.1, 0.15) is 29.6 Å². The Morgan fingerprint density at radius 2 is 1.17 bits per heavy atom. The van der Waals surface area contributed by atoms with Crippen molar-refractivity contribution in [3.8, 4) is 0 Å². The summed E-state index contributed by atoms with van der Waals surface area (Å²) in [6.45, 7) is 2.66. The molecule has 0 aliphatic heterocycles. The molecule has 2 aliphatic carbocycles. The first kappa shape index (κ1) is 18.9. The van der Waals surface area contributed by atoms with Crippen molar-refractivity contribution >= 4 is 43.7 Å². The molecule has 0 fully saturated rings. The molecule has 0 saturated heterocycles. The molecule has 0 N–H and O–H groups in total. The number of hydrogen-bond acceptors (Lipinski definition) is 0. The molecule has 23 heavy (non-hydrogen) atoms. The maximum atomic E-state index is 2.56. The molecule has 0 radical (unpaired) electrons. The van der Waals surface area contributed by atoms with Gasteiger partial charge in [-0.2, -0.15) is 0 Å². The molecule has 0 nitrogen and oxygen atoms in total. The van der Waals surface area contributed by atoms with E-state index in [0.717, 1.165) is 7.35 Å². The second-order valence-electron chi connectivity index (χ2n) is 5.86. The fourth-order valence-corrected chi connectivity index (χ4v) is 28.6. The van der Waals surface area contributed by atoms with Gasteiger partial charge in [-0.1, -0.05) is 0 Å². The van der Waals surface area contributed by atoms with Crippen molar-refractivity contribution in [1.29, 1.82) is 0 Å². The zero-order valence-electron chi connectivity index (χ0n) is 13.1. The second-order valence-corrected chi connectivity index (χ2v) is 29.5. The molecule has 0 bridgehead atoms. The number of allylic oxidation sites excluding steroid dienone is 2. The molecule has 0 heterocycles. The zero-order chi connectivity index (χ0) is 14.2. The summed E-state index contributed by atoms with van der Waals surface area (Å²) < 4.78 is 1.65. The minimum Gasteiger partial charge on any atom is -0.147 e. The summed E-state index contributed by atoms with van der Waals surface area (Å²) >= 11 is -1.68. The molecule has 2 aromatic carbocycles. The molecule has 2 aromatic rings. The Hall–Kier alpha value is -0.413. The Balaban J connectivity index is 0.000000960. The van der Waals surface area contributed by atoms with Crippen molar-refractivity contribution in [3.05, 3.63) is 82.9 Å². The summed E-state index contributed by atoms with van der Waals surface area (Å²) in [5, 5.41) is 0. The first-order chi connectivity index (χ1) is 10.4. The Labute approximate surface area is 160 Å². The Kier molecular flexibility index (Phi) is 6.67. The Bertz CT molecular complexity index is 680. The van der Waals surface area contributed by atoms with Crippen LogP contribution in [0.4, 0.5) is 0 Å². The van der Waals surface area contributed by atoms with Gasteiger partial charge in [-0.05, 0) is 0 Å². The van der Waals surface area contributed by atoms with Crippen LogP contribution in [-0.4, -0.2) is 6.71 Å². The van der Waals surface area contributed by atoms with Gasteiger partial charge < -0.3 is 0 Å². The van der Waals surface area contributed by atoms with E-state index in [1.807, 2.05) is 0 Å². The van der Waals surface area contributed by atoms with E-state index in [1.54, 1.807) is 11.1 Å². The van der Waals surface area contributed by atoms with Crippen molar-refractivity contribution in [2.45, 2.75) is 13.9 Å². The minimum atomic E-state index is -1.68. The van der Waals surface area contributed by atoms with Crippen molar-refractivity contribution in [1.82, 2.24) is 0 Å². The summed E-state index contributed by atoms with van der Waals surface area (Å²) in [7, 11) is 0. The predicted molar refractivity (Wildman–Crippen MR) is 105 cm³/mol. The first-order valence-corrected chi connectivity index (χ1v) is 21.7. The van der Waals surface area contributed by atoms with E-state index < -0.39 is 20.6 Å². The monoisotopic (exact) mass is 527 g/mol. The van der Waals surface area contributed by atoms with Gasteiger partial charge in [0, 0.05) is 0 Å². The van der Waals surface area contributed by atoms with Crippen LogP contribution in [0.2, 0.25) is 6.55 Å². The normalized spacial score (nSPS) is 20.0. The van der Waals surface area contributed by atoms with Gasteiger partial charge in [0.15, 0.2) is 0 Å². The van der Waals surface area contributed by atoms with E-state index in [-0.39, 0.29) is 31.5 Å². The molecule has 4 heteroatoms.